The van der Waals surface area contributed by atoms with Crippen molar-refractivity contribution in [3.05, 3.63) is 41.5 Å². The molecule has 0 aliphatic carbocycles. The Hall–Kier alpha value is -2.27. The summed E-state index contributed by atoms with van der Waals surface area (Å²) >= 11 is 1.55. The highest BCUT2D eigenvalue weighted by Gasteiger charge is 2.14. The lowest BCUT2D eigenvalue weighted by Gasteiger charge is -2.06. The number of carbonyl (C=O) groups is 1. The number of aryl methyl sites for hydroxylation is 1. The first-order valence-corrected chi connectivity index (χ1v) is 7.44. The zero-order valence-electron chi connectivity index (χ0n) is 11.8. The van der Waals surface area contributed by atoms with Crippen LogP contribution in [-0.4, -0.2) is 22.4 Å². The quantitative estimate of drug-likeness (QED) is 0.738. The van der Waals surface area contributed by atoms with Crippen molar-refractivity contribution in [1.82, 2.24) is 9.97 Å². The zero-order chi connectivity index (χ0) is 14.8. The maximum atomic E-state index is 11.1. The molecule has 2 heterocycles. The fourth-order valence-electron chi connectivity index (χ4n) is 2.07. The first-order valence-electron chi connectivity index (χ1n) is 6.56. The van der Waals surface area contributed by atoms with Crippen LogP contribution in [0, 0.1) is 6.92 Å². The molecule has 0 bridgehead atoms. The summed E-state index contributed by atoms with van der Waals surface area (Å²) in [4.78, 5) is 20.4. The Morgan fingerprint density at radius 2 is 2.00 bits per heavy atom. The van der Waals surface area contributed by atoms with E-state index >= 15 is 0 Å². The first kappa shape index (κ1) is 13.7. The van der Waals surface area contributed by atoms with Gasteiger partial charge in [-0.25, -0.2) is 9.97 Å². The second-order valence-corrected chi connectivity index (χ2v) is 5.72. The van der Waals surface area contributed by atoms with Gasteiger partial charge in [0.25, 0.3) is 0 Å². The Labute approximate surface area is 126 Å². The normalized spacial score (nSPS) is 10.8. The number of benzene rings is 1. The third-order valence-electron chi connectivity index (χ3n) is 3.11. The molecule has 2 aromatic heterocycles. The number of ether oxygens (including phenoxy) is 1. The number of thiophene rings is 1. The summed E-state index contributed by atoms with van der Waals surface area (Å²) in [5, 5.41) is 2.91. The number of rotatable bonds is 4. The van der Waals surface area contributed by atoms with Crippen LogP contribution in [0.1, 0.15) is 12.5 Å². The zero-order valence-corrected chi connectivity index (χ0v) is 12.6. The van der Waals surface area contributed by atoms with Crippen molar-refractivity contribution < 1.29 is 9.53 Å². The number of hydrogen-bond acceptors (Lipinski definition) is 5. The molecule has 106 valence electrons. The van der Waals surface area contributed by atoms with Gasteiger partial charge in [-0.3, -0.25) is 4.79 Å². The molecule has 0 saturated heterocycles. The molecular formula is C16H14N2O2S. The number of Topliss-reactive ketones (excluding diaryl/α,β-unsaturated/α-hetero) is 1. The first-order chi connectivity index (χ1) is 10.1. The Morgan fingerprint density at radius 3 is 2.71 bits per heavy atom. The Morgan fingerprint density at radius 1 is 1.24 bits per heavy atom. The van der Waals surface area contributed by atoms with Crippen LogP contribution in [0.15, 0.2) is 36.0 Å². The lowest BCUT2D eigenvalue weighted by Crippen LogP contribution is -2.07. The van der Waals surface area contributed by atoms with Crippen LogP contribution < -0.4 is 4.74 Å². The van der Waals surface area contributed by atoms with Gasteiger partial charge in [-0.05, 0) is 19.4 Å². The van der Waals surface area contributed by atoms with Crippen LogP contribution >= 0.6 is 11.3 Å². The maximum Gasteiger partial charge on any atom is 0.226 e. The van der Waals surface area contributed by atoms with E-state index in [2.05, 4.69) is 41.2 Å². The molecule has 0 N–H and O–H groups in total. The number of nitrogens with zero attached hydrogens (tertiary/aromatic N) is 2. The minimum atomic E-state index is -0.0334. The summed E-state index contributed by atoms with van der Waals surface area (Å²) in [5.41, 5.74) is 3.34. The van der Waals surface area contributed by atoms with Gasteiger partial charge in [-0.1, -0.05) is 29.8 Å². The molecule has 0 radical (unpaired) electrons. The third kappa shape index (κ3) is 2.78. The molecule has 0 saturated carbocycles. The minimum absolute atomic E-state index is 0.0231. The number of hydrogen-bond donors (Lipinski definition) is 0. The Kier molecular flexibility index (Phi) is 3.66. The van der Waals surface area contributed by atoms with E-state index in [0.29, 0.717) is 5.88 Å². The average Bonchev–Trinajstić information content (AvgIpc) is 2.90. The van der Waals surface area contributed by atoms with Crippen LogP contribution in [0.4, 0.5) is 0 Å². The molecule has 21 heavy (non-hydrogen) atoms. The van der Waals surface area contributed by atoms with E-state index in [4.69, 9.17) is 4.74 Å². The molecular weight excluding hydrogens is 284 g/mol. The van der Waals surface area contributed by atoms with Gasteiger partial charge in [0.05, 0.1) is 5.39 Å². The standard InChI is InChI=1S/C16H14N2O2S/c1-10-3-5-12(6-4-10)13-8-21-16-14(13)15(17-9-18-16)20-7-11(2)19/h3-6,8-9H,7H2,1-2H3. The summed E-state index contributed by atoms with van der Waals surface area (Å²) in [7, 11) is 0. The molecule has 0 aliphatic heterocycles. The topological polar surface area (TPSA) is 52.1 Å². The van der Waals surface area contributed by atoms with Gasteiger partial charge in [0.2, 0.25) is 5.88 Å². The maximum absolute atomic E-state index is 11.1. The molecule has 0 aliphatic rings. The summed E-state index contributed by atoms with van der Waals surface area (Å²) in [5.74, 6) is 0.431. The van der Waals surface area contributed by atoms with E-state index in [-0.39, 0.29) is 12.4 Å². The van der Waals surface area contributed by atoms with Crippen molar-refractivity contribution in [2.45, 2.75) is 13.8 Å². The summed E-state index contributed by atoms with van der Waals surface area (Å²) in [6.45, 7) is 3.57. The van der Waals surface area contributed by atoms with Gasteiger partial charge in [0.1, 0.15) is 17.8 Å². The van der Waals surface area contributed by atoms with E-state index in [1.54, 1.807) is 11.3 Å². The lowest BCUT2D eigenvalue weighted by atomic mass is 10.0. The summed E-state index contributed by atoms with van der Waals surface area (Å²) in [6, 6.07) is 8.27. The van der Waals surface area contributed by atoms with Crippen molar-refractivity contribution in [3.63, 3.8) is 0 Å². The Balaban J connectivity index is 2.10. The van der Waals surface area contributed by atoms with Crippen molar-refractivity contribution in [2.75, 3.05) is 6.61 Å². The van der Waals surface area contributed by atoms with Gasteiger partial charge in [0, 0.05) is 10.9 Å². The number of ketones is 1. The van der Waals surface area contributed by atoms with E-state index in [9.17, 15) is 4.79 Å². The van der Waals surface area contributed by atoms with Gasteiger partial charge in [0.15, 0.2) is 5.78 Å². The number of aromatic nitrogens is 2. The molecule has 0 fully saturated rings. The molecule has 1 aromatic carbocycles. The van der Waals surface area contributed by atoms with E-state index in [1.807, 2.05) is 5.38 Å². The molecule has 0 atom stereocenters. The second-order valence-electron chi connectivity index (χ2n) is 4.87. The lowest BCUT2D eigenvalue weighted by molar-refractivity contribution is -0.118. The largest absolute Gasteiger partial charge is 0.469 e. The van der Waals surface area contributed by atoms with Crippen LogP contribution in [-0.2, 0) is 4.79 Å². The van der Waals surface area contributed by atoms with Crippen LogP contribution in [0.3, 0.4) is 0 Å². The average molecular weight is 298 g/mol. The van der Waals surface area contributed by atoms with Gasteiger partial charge in [-0.15, -0.1) is 11.3 Å². The molecule has 5 heteroatoms. The van der Waals surface area contributed by atoms with E-state index in [0.717, 1.165) is 21.3 Å². The smallest absolute Gasteiger partial charge is 0.226 e. The summed E-state index contributed by atoms with van der Waals surface area (Å²) in [6.07, 6.45) is 1.47. The summed E-state index contributed by atoms with van der Waals surface area (Å²) < 4.78 is 5.53. The van der Waals surface area contributed by atoms with E-state index < -0.39 is 0 Å². The van der Waals surface area contributed by atoms with E-state index in [1.165, 1.54) is 18.8 Å². The second kappa shape index (κ2) is 5.61. The molecule has 0 unspecified atom stereocenters. The fraction of sp³-hybridized carbons (Fsp3) is 0.188. The number of carbonyl (C=O) groups excluding carboxylic acids is 1. The molecule has 0 amide bonds. The van der Waals surface area contributed by atoms with Crippen molar-refractivity contribution in [2.24, 2.45) is 0 Å². The van der Waals surface area contributed by atoms with Crippen molar-refractivity contribution >= 4 is 27.3 Å². The van der Waals surface area contributed by atoms with Crippen molar-refractivity contribution in [1.29, 1.82) is 0 Å². The predicted molar refractivity (Wildman–Crippen MR) is 83.8 cm³/mol. The molecule has 4 nitrogen and oxygen atoms in total. The molecule has 3 aromatic rings. The van der Waals surface area contributed by atoms with Crippen molar-refractivity contribution in [3.8, 4) is 17.0 Å². The predicted octanol–water partition coefficient (Wildman–Crippen LogP) is 3.63. The van der Waals surface area contributed by atoms with Gasteiger partial charge >= 0.3 is 0 Å². The molecule has 3 rings (SSSR count). The molecule has 0 spiro atoms. The van der Waals surface area contributed by atoms with Gasteiger partial charge in [-0.2, -0.15) is 0 Å². The third-order valence-corrected chi connectivity index (χ3v) is 4.00. The highest BCUT2D eigenvalue weighted by molar-refractivity contribution is 7.17. The monoisotopic (exact) mass is 298 g/mol. The van der Waals surface area contributed by atoms with Crippen LogP contribution in [0.25, 0.3) is 21.3 Å². The van der Waals surface area contributed by atoms with Crippen LogP contribution in [0.5, 0.6) is 5.88 Å². The van der Waals surface area contributed by atoms with Crippen LogP contribution in [0.2, 0.25) is 0 Å². The number of fused-ring (bicyclic) bond motifs is 1. The van der Waals surface area contributed by atoms with Gasteiger partial charge < -0.3 is 4.74 Å². The SMILES string of the molecule is CC(=O)COc1ncnc2scc(-c3ccc(C)cc3)c12. The highest BCUT2D eigenvalue weighted by atomic mass is 32.1. The Bertz CT molecular complexity index is 794. The highest BCUT2D eigenvalue weighted by Crippen LogP contribution is 2.37. The fourth-order valence-corrected chi connectivity index (χ4v) is 2.98. The minimum Gasteiger partial charge on any atom is -0.469 e.